The molecule has 4 nitrogen and oxygen atoms in total. The van der Waals surface area contributed by atoms with Crippen LogP contribution in [0.3, 0.4) is 0 Å². The Labute approximate surface area is 157 Å². The number of para-hydroxylation sites is 1. The molecule has 0 fully saturated rings. The fraction of sp³-hybridized carbons (Fsp3) is 0. The lowest BCUT2D eigenvalue weighted by Gasteiger charge is -2.01. The fourth-order valence-corrected chi connectivity index (χ4v) is 2.96. The molecular weight excluding hydrogens is 336 g/mol. The standard InChI is InChI=1S/C23H17N2O2/c26-23(27)20-6-8-22(9-7-20)25-16-12-19(13-17-25)18-10-14-24(15-11-18)21-4-2-1-3-5-21/h1-17H/q+1/p+1. The van der Waals surface area contributed by atoms with Crippen LogP contribution in [0.4, 0.5) is 0 Å². The van der Waals surface area contributed by atoms with Crippen molar-refractivity contribution in [1.29, 1.82) is 0 Å². The van der Waals surface area contributed by atoms with Crippen molar-refractivity contribution in [2.24, 2.45) is 0 Å². The van der Waals surface area contributed by atoms with E-state index >= 15 is 0 Å². The van der Waals surface area contributed by atoms with Crippen LogP contribution in [0.25, 0.3) is 22.5 Å². The molecule has 4 aromatic rings. The Bertz CT molecular complexity index is 1060. The number of aromatic carboxylic acids is 1. The second kappa shape index (κ2) is 7.22. The summed E-state index contributed by atoms with van der Waals surface area (Å²) >= 11 is 0. The Hall–Kier alpha value is -3.79. The second-order valence-corrected chi connectivity index (χ2v) is 6.18. The molecule has 0 bridgehead atoms. The molecule has 0 aliphatic heterocycles. The van der Waals surface area contributed by atoms with Gasteiger partial charge in [0.05, 0.1) is 5.56 Å². The zero-order chi connectivity index (χ0) is 18.6. The molecule has 0 saturated carbocycles. The Morgan fingerprint density at radius 2 is 1.04 bits per heavy atom. The Kier molecular flexibility index (Phi) is 4.45. The molecule has 4 rings (SSSR count). The van der Waals surface area contributed by atoms with Gasteiger partial charge in [-0.3, -0.25) is 0 Å². The zero-order valence-electron chi connectivity index (χ0n) is 14.6. The number of benzene rings is 2. The smallest absolute Gasteiger partial charge is 0.335 e. The number of carboxylic acids is 1. The van der Waals surface area contributed by atoms with Gasteiger partial charge in [-0.25, -0.2) is 4.79 Å². The number of nitrogens with zero attached hydrogens (tertiary/aromatic N) is 2. The van der Waals surface area contributed by atoms with E-state index in [1.807, 2.05) is 47.3 Å². The van der Waals surface area contributed by atoms with Crippen molar-refractivity contribution >= 4 is 5.97 Å². The highest BCUT2D eigenvalue weighted by Gasteiger charge is 2.10. The molecule has 0 spiro atoms. The van der Waals surface area contributed by atoms with Crippen molar-refractivity contribution in [2.75, 3.05) is 0 Å². The van der Waals surface area contributed by atoms with E-state index in [0.717, 1.165) is 22.5 Å². The van der Waals surface area contributed by atoms with Crippen molar-refractivity contribution in [3.63, 3.8) is 0 Å². The minimum Gasteiger partial charge on any atom is -0.478 e. The number of carbonyl (C=O) groups is 1. The van der Waals surface area contributed by atoms with Gasteiger partial charge in [0.2, 0.25) is 11.4 Å². The van der Waals surface area contributed by atoms with E-state index in [1.54, 1.807) is 24.3 Å². The highest BCUT2D eigenvalue weighted by atomic mass is 16.4. The van der Waals surface area contributed by atoms with Crippen LogP contribution in [-0.2, 0) is 0 Å². The van der Waals surface area contributed by atoms with Gasteiger partial charge in [-0.05, 0) is 23.3 Å². The molecular formula is C23H18N2O2+2. The van der Waals surface area contributed by atoms with Crippen molar-refractivity contribution in [3.05, 3.63) is 109 Å². The fourth-order valence-electron chi connectivity index (χ4n) is 2.96. The van der Waals surface area contributed by atoms with Gasteiger partial charge in [0.1, 0.15) is 0 Å². The summed E-state index contributed by atoms with van der Waals surface area (Å²) in [4.78, 5) is 11.0. The molecule has 27 heavy (non-hydrogen) atoms. The van der Waals surface area contributed by atoms with E-state index in [2.05, 4.69) is 41.2 Å². The number of aromatic nitrogens is 2. The van der Waals surface area contributed by atoms with Crippen LogP contribution in [0.5, 0.6) is 0 Å². The zero-order valence-corrected chi connectivity index (χ0v) is 14.6. The van der Waals surface area contributed by atoms with E-state index in [-0.39, 0.29) is 5.56 Å². The third-order valence-corrected chi connectivity index (χ3v) is 4.46. The second-order valence-electron chi connectivity index (χ2n) is 6.18. The van der Waals surface area contributed by atoms with Crippen LogP contribution in [0.2, 0.25) is 0 Å². The Morgan fingerprint density at radius 3 is 1.48 bits per heavy atom. The van der Waals surface area contributed by atoms with Crippen molar-refractivity contribution in [3.8, 4) is 22.5 Å². The lowest BCUT2D eigenvalue weighted by molar-refractivity contribution is -0.596. The van der Waals surface area contributed by atoms with Crippen LogP contribution < -0.4 is 9.13 Å². The first kappa shape index (κ1) is 16.7. The maximum atomic E-state index is 11.0. The third kappa shape index (κ3) is 3.60. The summed E-state index contributed by atoms with van der Waals surface area (Å²) in [7, 11) is 0. The van der Waals surface area contributed by atoms with E-state index in [1.165, 1.54) is 0 Å². The molecule has 2 aromatic heterocycles. The van der Waals surface area contributed by atoms with Crippen molar-refractivity contribution in [2.45, 2.75) is 0 Å². The van der Waals surface area contributed by atoms with Gasteiger partial charge in [0, 0.05) is 48.5 Å². The van der Waals surface area contributed by atoms with Crippen LogP contribution in [0.15, 0.2) is 104 Å². The average Bonchev–Trinajstić information content (AvgIpc) is 2.75. The molecule has 1 N–H and O–H groups in total. The van der Waals surface area contributed by atoms with E-state index in [9.17, 15) is 4.79 Å². The molecule has 0 radical (unpaired) electrons. The lowest BCUT2D eigenvalue weighted by Crippen LogP contribution is -2.29. The maximum Gasteiger partial charge on any atom is 0.335 e. The van der Waals surface area contributed by atoms with Crippen LogP contribution >= 0.6 is 0 Å². The first-order chi connectivity index (χ1) is 13.2. The van der Waals surface area contributed by atoms with Crippen molar-refractivity contribution in [1.82, 2.24) is 0 Å². The first-order valence-electron chi connectivity index (χ1n) is 8.63. The molecule has 0 amide bonds. The van der Waals surface area contributed by atoms with Gasteiger partial charge in [-0.2, -0.15) is 9.13 Å². The first-order valence-corrected chi connectivity index (χ1v) is 8.63. The summed E-state index contributed by atoms with van der Waals surface area (Å²) in [6.45, 7) is 0. The molecule has 0 unspecified atom stereocenters. The summed E-state index contributed by atoms with van der Waals surface area (Å²) in [5.74, 6) is -0.918. The van der Waals surface area contributed by atoms with Crippen molar-refractivity contribution < 1.29 is 19.0 Å². The summed E-state index contributed by atoms with van der Waals surface area (Å²) in [6.07, 6.45) is 8.05. The molecule has 2 aromatic carbocycles. The van der Waals surface area contributed by atoms with Gasteiger partial charge in [0.15, 0.2) is 24.8 Å². The van der Waals surface area contributed by atoms with Gasteiger partial charge in [-0.15, -0.1) is 0 Å². The molecule has 0 aliphatic rings. The number of rotatable bonds is 4. The van der Waals surface area contributed by atoms with Gasteiger partial charge < -0.3 is 5.11 Å². The third-order valence-electron chi connectivity index (χ3n) is 4.46. The minimum absolute atomic E-state index is 0.284. The van der Waals surface area contributed by atoms with E-state index in [4.69, 9.17) is 5.11 Å². The minimum atomic E-state index is -0.918. The van der Waals surface area contributed by atoms with E-state index < -0.39 is 5.97 Å². The predicted octanol–water partition coefficient (Wildman–Crippen LogP) is 3.61. The largest absolute Gasteiger partial charge is 0.478 e. The Balaban J connectivity index is 1.56. The predicted molar refractivity (Wildman–Crippen MR) is 102 cm³/mol. The molecule has 130 valence electrons. The van der Waals surface area contributed by atoms with E-state index in [0.29, 0.717) is 0 Å². The Morgan fingerprint density at radius 1 is 0.593 bits per heavy atom. The average molecular weight is 354 g/mol. The van der Waals surface area contributed by atoms with Gasteiger partial charge in [0.25, 0.3) is 0 Å². The van der Waals surface area contributed by atoms with Crippen LogP contribution in [0.1, 0.15) is 10.4 Å². The van der Waals surface area contributed by atoms with Gasteiger partial charge in [-0.1, -0.05) is 18.2 Å². The number of hydrogen-bond acceptors (Lipinski definition) is 1. The summed E-state index contributed by atoms with van der Waals surface area (Å²) in [5.41, 5.74) is 4.58. The quantitative estimate of drug-likeness (QED) is 0.569. The summed E-state index contributed by atoms with van der Waals surface area (Å²) in [6, 6.07) is 25.3. The molecule has 4 heteroatoms. The molecule has 0 saturated heterocycles. The molecule has 2 heterocycles. The topological polar surface area (TPSA) is 45.1 Å². The number of pyridine rings is 2. The molecule has 0 aliphatic carbocycles. The van der Waals surface area contributed by atoms with Gasteiger partial charge >= 0.3 is 5.97 Å². The monoisotopic (exact) mass is 354 g/mol. The van der Waals surface area contributed by atoms with Crippen LogP contribution in [0, 0.1) is 0 Å². The summed E-state index contributed by atoms with van der Waals surface area (Å²) in [5, 5.41) is 8.99. The normalized spacial score (nSPS) is 10.5. The highest BCUT2D eigenvalue weighted by Crippen LogP contribution is 2.16. The SMILES string of the molecule is O=C(O)c1ccc(-[n+]2ccc(-c3cc[n+](-c4ccccc4)cc3)cc2)cc1. The summed E-state index contributed by atoms with van der Waals surface area (Å²) < 4.78 is 4.04. The lowest BCUT2D eigenvalue weighted by atomic mass is 10.1. The van der Waals surface area contributed by atoms with Crippen LogP contribution in [-0.4, -0.2) is 11.1 Å². The number of carboxylic acid groups (broad SMARTS) is 1. The highest BCUT2D eigenvalue weighted by molar-refractivity contribution is 5.87. The molecule has 0 atom stereocenters. The maximum absolute atomic E-state index is 11.0. The number of hydrogen-bond donors (Lipinski definition) is 1.